The van der Waals surface area contributed by atoms with Crippen molar-refractivity contribution >= 4 is 23.7 Å². The zero-order chi connectivity index (χ0) is 18.7. The number of amides is 2. The third-order valence-corrected chi connectivity index (χ3v) is 2.97. The minimum Gasteiger partial charge on any atom is -0.490 e. The SMILES string of the molecule is COCCCNC(=O)CC(=O)NN=Cc1ccc(OC)c([N+](=O)[O-])c1. The number of nitro benzene ring substituents is 1. The van der Waals surface area contributed by atoms with E-state index in [0.717, 1.165) is 0 Å². The molecular formula is C15H20N4O6. The van der Waals surface area contributed by atoms with Crippen molar-refractivity contribution in [2.45, 2.75) is 12.8 Å². The Labute approximate surface area is 144 Å². The molecule has 0 atom stereocenters. The van der Waals surface area contributed by atoms with Gasteiger partial charge < -0.3 is 14.8 Å². The van der Waals surface area contributed by atoms with Gasteiger partial charge in [0, 0.05) is 31.9 Å². The van der Waals surface area contributed by atoms with Crippen molar-refractivity contribution in [3.8, 4) is 5.75 Å². The van der Waals surface area contributed by atoms with Crippen LogP contribution in [-0.4, -0.2) is 50.3 Å². The van der Waals surface area contributed by atoms with E-state index in [4.69, 9.17) is 9.47 Å². The van der Waals surface area contributed by atoms with Crippen molar-refractivity contribution in [1.82, 2.24) is 10.7 Å². The van der Waals surface area contributed by atoms with E-state index in [0.29, 0.717) is 25.1 Å². The summed E-state index contributed by atoms with van der Waals surface area (Å²) in [5.74, 6) is -0.899. The first-order valence-electron chi connectivity index (χ1n) is 7.38. The Hall–Kier alpha value is -3.01. The lowest BCUT2D eigenvalue weighted by molar-refractivity contribution is -0.385. The summed E-state index contributed by atoms with van der Waals surface area (Å²) in [5.41, 5.74) is 2.37. The van der Waals surface area contributed by atoms with E-state index in [1.807, 2.05) is 0 Å². The van der Waals surface area contributed by atoms with Gasteiger partial charge in [0.05, 0.1) is 18.2 Å². The Bertz CT molecular complexity index is 647. The number of rotatable bonds is 10. The van der Waals surface area contributed by atoms with Crippen LogP contribution in [0.3, 0.4) is 0 Å². The maximum atomic E-state index is 11.6. The first kappa shape index (κ1) is 20.0. The van der Waals surface area contributed by atoms with Gasteiger partial charge in [-0.3, -0.25) is 19.7 Å². The Morgan fingerprint density at radius 2 is 2.08 bits per heavy atom. The summed E-state index contributed by atoms with van der Waals surface area (Å²) < 4.78 is 9.73. The van der Waals surface area contributed by atoms with Crippen LogP contribution in [0.25, 0.3) is 0 Å². The number of ether oxygens (including phenoxy) is 2. The summed E-state index contributed by atoms with van der Waals surface area (Å²) in [4.78, 5) is 33.4. The van der Waals surface area contributed by atoms with Crippen LogP contribution in [0.4, 0.5) is 5.69 Å². The smallest absolute Gasteiger partial charge is 0.311 e. The number of methoxy groups -OCH3 is 2. The highest BCUT2D eigenvalue weighted by Gasteiger charge is 2.14. The fraction of sp³-hybridized carbons (Fsp3) is 0.400. The molecule has 0 aliphatic rings. The third kappa shape index (κ3) is 7.40. The molecule has 0 aromatic heterocycles. The van der Waals surface area contributed by atoms with E-state index in [9.17, 15) is 19.7 Å². The van der Waals surface area contributed by atoms with Gasteiger partial charge in [-0.15, -0.1) is 0 Å². The molecule has 136 valence electrons. The summed E-state index contributed by atoms with van der Waals surface area (Å²) in [6, 6.07) is 4.23. The molecule has 1 aromatic carbocycles. The molecule has 0 aliphatic heterocycles. The lowest BCUT2D eigenvalue weighted by Gasteiger charge is -2.04. The molecule has 0 bridgehead atoms. The van der Waals surface area contributed by atoms with Crippen molar-refractivity contribution < 1.29 is 24.0 Å². The van der Waals surface area contributed by atoms with Crippen LogP contribution in [0.1, 0.15) is 18.4 Å². The number of carbonyl (C=O) groups excluding carboxylic acids is 2. The number of nitrogens with one attached hydrogen (secondary N) is 2. The lowest BCUT2D eigenvalue weighted by Crippen LogP contribution is -2.30. The Morgan fingerprint density at radius 3 is 2.72 bits per heavy atom. The molecular weight excluding hydrogens is 332 g/mol. The van der Waals surface area contributed by atoms with Crippen LogP contribution in [-0.2, 0) is 14.3 Å². The van der Waals surface area contributed by atoms with Crippen LogP contribution in [0.5, 0.6) is 5.75 Å². The van der Waals surface area contributed by atoms with Gasteiger partial charge in [-0.25, -0.2) is 5.43 Å². The molecule has 0 spiro atoms. The molecule has 0 unspecified atom stereocenters. The van der Waals surface area contributed by atoms with Gasteiger partial charge in [0.2, 0.25) is 11.8 Å². The number of benzene rings is 1. The van der Waals surface area contributed by atoms with E-state index in [1.54, 1.807) is 13.2 Å². The number of hydrogen-bond acceptors (Lipinski definition) is 7. The molecule has 25 heavy (non-hydrogen) atoms. The zero-order valence-electron chi connectivity index (χ0n) is 14.0. The fourth-order valence-corrected chi connectivity index (χ4v) is 1.80. The summed E-state index contributed by atoms with van der Waals surface area (Å²) in [6.07, 6.45) is 1.52. The topological polar surface area (TPSA) is 132 Å². The second-order valence-corrected chi connectivity index (χ2v) is 4.85. The first-order chi connectivity index (χ1) is 12.0. The fourth-order valence-electron chi connectivity index (χ4n) is 1.80. The van der Waals surface area contributed by atoms with Crippen LogP contribution in [0, 0.1) is 10.1 Å². The van der Waals surface area contributed by atoms with E-state index in [2.05, 4.69) is 15.8 Å². The van der Waals surface area contributed by atoms with Crippen LogP contribution >= 0.6 is 0 Å². The molecule has 0 radical (unpaired) electrons. The molecule has 10 heteroatoms. The molecule has 0 saturated heterocycles. The van der Waals surface area contributed by atoms with Crippen molar-refractivity contribution in [2.24, 2.45) is 5.10 Å². The maximum Gasteiger partial charge on any atom is 0.311 e. The van der Waals surface area contributed by atoms with Gasteiger partial charge in [0.1, 0.15) is 6.42 Å². The first-order valence-corrected chi connectivity index (χ1v) is 7.38. The quantitative estimate of drug-likeness (QED) is 0.208. The summed E-state index contributed by atoms with van der Waals surface area (Å²) in [5, 5.41) is 17.2. The van der Waals surface area contributed by atoms with Gasteiger partial charge in [0.15, 0.2) is 5.75 Å². The largest absolute Gasteiger partial charge is 0.490 e. The number of nitrogens with zero attached hydrogens (tertiary/aromatic N) is 2. The van der Waals surface area contributed by atoms with Crippen molar-refractivity contribution in [3.05, 3.63) is 33.9 Å². The Morgan fingerprint density at radius 1 is 1.32 bits per heavy atom. The third-order valence-electron chi connectivity index (χ3n) is 2.97. The van der Waals surface area contributed by atoms with E-state index < -0.39 is 16.7 Å². The molecule has 0 aliphatic carbocycles. The number of hydrazone groups is 1. The molecule has 1 rings (SSSR count). The normalized spacial score (nSPS) is 10.5. The minimum absolute atomic E-state index is 0.122. The second-order valence-electron chi connectivity index (χ2n) is 4.85. The summed E-state index contributed by atoms with van der Waals surface area (Å²) in [7, 11) is 2.89. The molecule has 2 N–H and O–H groups in total. The Kier molecular flexibility index (Phi) is 8.58. The lowest BCUT2D eigenvalue weighted by atomic mass is 10.2. The van der Waals surface area contributed by atoms with Crippen molar-refractivity contribution in [3.63, 3.8) is 0 Å². The van der Waals surface area contributed by atoms with Crippen molar-refractivity contribution in [1.29, 1.82) is 0 Å². The molecule has 10 nitrogen and oxygen atoms in total. The molecule has 0 saturated carbocycles. The van der Waals surface area contributed by atoms with Crippen LogP contribution < -0.4 is 15.5 Å². The standard InChI is InChI=1S/C15H20N4O6/c1-24-7-3-6-16-14(20)9-15(21)18-17-10-11-4-5-13(25-2)12(8-11)19(22)23/h4-5,8,10H,3,6-7,9H2,1-2H3,(H,16,20)(H,18,21). The summed E-state index contributed by atoms with van der Waals surface area (Å²) >= 11 is 0. The van der Waals surface area contributed by atoms with Gasteiger partial charge in [-0.05, 0) is 18.6 Å². The summed E-state index contributed by atoms with van der Waals surface area (Å²) in [6.45, 7) is 0.934. The van der Waals surface area contributed by atoms with Gasteiger partial charge >= 0.3 is 5.69 Å². The van der Waals surface area contributed by atoms with Crippen LogP contribution in [0.2, 0.25) is 0 Å². The Balaban J connectivity index is 2.49. The van der Waals surface area contributed by atoms with Crippen molar-refractivity contribution in [2.75, 3.05) is 27.4 Å². The number of hydrogen-bond donors (Lipinski definition) is 2. The highest BCUT2D eigenvalue weighted by atomic mass is 16.6. The predicted molar refractivity (Wildman–Crippen MR) is 89.5 cm³/mol. The molecule has 0 heterocycles. The predicted octanol–water partition coefficient (Wildman–Crippen LogP) is 0.596. The second kappa shape index (κ2) is 10.7. The maximum absolute atomic E-state index is 11.6. The number of nitro groups is 1. The zero-order valence-corrected chi connectivity index (χ0v) is 14.0. The molecule has 0 fully saturated rings. The average molecular weight is 352 g/mol. The van der Waals surface area contributed by atoms with Crippen LogP contribution in [0.15, 0.2) is 23.3 Å². The monoisotopic (exact) mass is 352 g/mol. The van der Waals surface area contributed by atoms with E-state index in [1.165, 1.54) is 25.5 Å². The van der Waals surface area contributed by atoms with Gasteiger partial charge in [-0.1, -0.05) is 0 Å². The highest BCUT2D eigenvalue weighted by molar-refractivity contribution is 5.97. The van der Waals surface area contributed by atoms with E-state index >= 15 is 0 Å². The van der Waals surface area contributed by atoms with Gasteiger partial charge in [0.25, 0.3) is 0 Å². The average Bonchev–Trinajstić information content (AvgIpc) is 2.58. The van der Waals surface area contributed by atoms with E-state index in [-0.39, 0.29) is 17.9 Å². The molecule has 1 aromatic rings. The molecule has 2 amide bonds. The number of carbonyl (C=O) groups is 2. The van der Waals surface area contributed by atoms with Gasteiger partial charge in [-0.2, -0.15) is 5.10 Å². The highest BCUT2D eigenvalue weighted by Crippen LogP contribution is 2.26. The minimum atomic E-state index is -0.594.